The van der Waals surface area contributed by atoms with Gasteiger partial charge in [-0.2, -0.15) is 0 Å². The van der Waals surface area contributed by atoms with Crippen molar-refractivity contribution in [1.29, 1.82) is 0 Å². The third kappa shape index (κ3) is 5.66. The van der Waals surface area contributed by atoms with E-state index in [-0.39, 0.29) is 6.03 Å². The van der Waals surface area contributed by atoms with E-state index in [4.69, 9.17) is 27.9 Å². The summed E-state index contributed by atoms with van der Waals surface area (Å²) in [5, 5.41) is 6.75. The second kappa shape index (κ2) is 8.65. The lowest BCUT2D eigenvalue weighted by atomic mass is 10.1. The van der Waals surface area contributed by atoms with Gasteiger partial charge >= 0.3 is 6.03 Å². The predicted molar refractivity (Wildman–Crippen MR) is 94.8 cm³/mol. The SMILES string of the molecule is CCOc1ccc(NC(=O)NCCc2ccc(Cl)cc2Cl)cc1. The number of hydrogen-bond donors (Lipinski definition) is 2. The molecular weight excluding hydrogens is 335 g/mol. The van der Waals surface area contributed by atoms with Crippen LogP contribution in [0.1, 0.15) is 12.5 Å². The first-order chi connectivity index (χ1) is 11.1. The minimum absolute atomic E-state index is 0.265. The number of amides is 2. The van der Waals surface area contributed by atoms with Crippen LogP contribution in [0.4, 0.5) is 10.5 Å². The fraction of sp³-hybridized carbons (Fsp3) is 0.235. The summed E-state index contributed by atoms with van der Waals surface area (Å²) < 4.78 is 5.35. The van der Waals surface area contributed by atoms with Crippen LogP contribution < -0.4 is 15.4 Å². The quantitative estimate of drug-likeness (QED) is 0.787. The predicted octanol–water partition coefficient (Wildman–Crippen LogP) is 4.76. The van der Waals surface area contributed by atoms with E-state index in [9.17, 15) is 4.79 Å². The highest BCUT2D eigenvalue weighted by Crippen LogP contribution is 2.21. The number of halogens is 2. The van der Waals surface area contributed by atoms with Crippen LogP contribution in [0.3, 0.4) is 0 Å². The number of rotatable bonds is 6. The van der Waals surface area contributed by atoms with Crippen molar-refractivity contribution in [2.45, 2.75) is 13.3 Å². The van der Waals surface area contributed by atoms with Gasteiger partial charge in [-0.15, -0.1) is 0 Å². The number of urea groups is 1. The molecule has 23 heavy (non-hydrogen) atoms. The molecule has 0 radical (unpaired) electrons. The van der Waals surface area contributed by atoms with Crippen molar-refractivity contribution in [1.82, 2.24) is 5.32 Å². The Morgan fingerprint density at radius 2 is 1.87 bits per heavy atom. The van der Waals surface area contributed by atoms with E-state index >= 15 is 0 Å². The van der Waals surface area contributed by atoms with Crippen LogP contribution in [0.15, 0.2) is 42.5 Å². The van der Waals surface area contributed by atoms with E-state index in [2.05, 4.69) is 10.6 Å². The normalized spacial score (nSPS) is 10.2. The number of carbonyl (C=O) groups excluding carboxylic acids is 1. The molecule has 2 amide bonds. The highest BCUT2D eigenvalue weighted by molar-refractivity contribution is 6.35. The van der Waals surface area contributed by atoms with Crippen molar-refractivity contribution in [3.63, 3.8) is 0 Å². The van der Waals surface area contributed by atoms with Crippen LogP contribution >= 0.6 is 23.2 Å². The standard InChI is InChI=1S/C17H18Cl2N2O2/c1-2-23-15-7-5-14(6-8-15)21-17(22)20-10-9-12-3-4-13(18)11-16(12)19/h3-8,11H,2,9-10H2,1H3,(H2,20,21,22). The fourth-order valence-electron chi connectivity index (χ4n) is 2.01. The summed E-state index contributed by atoms with van der Waals surface area (Å²) in [5.74, 6) is 0.774. The van der Waals surface area contributed by atoms with Gasteiger partial charge in [0.1, 0.15) is 5.75 Å². The highest BCUT2D eigenvalue weighted by Gasteiger charge is 2.04. The first-order valence-electron chi connectivity index (χ1n) is 7.30. The summed E-state index contributed by atoms with van der Waals surface area (Å²) >= 11 is 11.9. The van der Waals surface area contributed by atoms with E-state index in [0.29, 0.717) is 35.3 Å². The van der Waals surface area contributed by atoms with Gasteiger partial charge in [0.25, 0.3) is 0 Å². The third-order valence-corrected chi connectivity index (χ3v) is 3.71. The van der Waals surface area contributed by atoms with E-state index in [0.717, 1.165) is 11.3 Å². The number of anilines is 1. The molecular formula is C17H18Cl2N2O2. The maximum absolute atomic E-state index is 11.8. The number of ether oxygens (including phenoxy) is 1. The maximum Gasteiger partial charge on any atom is 0.319 e. The van der Waals surface area contributed by atoms with E-state index in [1.54, 1.807) is 24.3 Å². The van der Waals surface area contributed by atoms with Crippen molar-refractivity contribution >= 4 is 34.9 Å². The monoisotopic (exact) mass is 352 g/mol. The van der Waals surface area contributed by atoms with Gasteiger partial charge in [-0.3, -0.25) is 0 Å². The lowest BCUT2D eigenvalue weighted by Crippen LogP contribution is -2.30. The molecule has 2 rings (SSSR count). The molecule has 2 N–H and O–H groups in total. The molecule has 122 valence electrons. The Morgan fingerprint density at radius 3 is 2.52 bits per heavy atom. The lowest BCUT2D eigenvalue weighted by Gasteiger charge is -2.09. The Morgan fingerprint density at radius 1 is 1.13 bits per heavy atom. The summed E-state index contributed by atoms with van der Waals surface area (Å²) in [6, 6.07) is 12.3. The van der Waals surface area contributed by atoms with E-state index in [1.807, 2.05) is 25.1 Å². The fourth-order valence-corrected chi connectivity index (χ4v) is 2.51. The molecule has 0 aromatic heterocycles. The Bertz CT molecular complexity index is 660. The van der Waals surface area contributed by atoms with Crippen molar-refractivity contribution in [2.24, 2.45) is 0 Å². The maximum atomic E-state index is 11.8. The van der Waals surface area contributed by atoms with Gasteiger partial charge in [0.05, 0.1) is 6.61 Å². The Labute approximate surface area is 145 Å². The third-order valence-electron chi connectivity index (χ3n) is 3.12. The Hall–Kier alpha value is -1.91. The van der Waals surface area contributed by atoms with Crippen LogP contribution in [-0.2, 0) is 6.42 Å². The molecule has 0 atom stereocenters. The molecule has 0 fully saturated rings. The summed E-state index contributed by atoms with van der Waals surface area (Å²) in [5.41, 5.74) is 1.65. The minimum Gasteiger partial charge on any atom is -0.494 e. The molecule has 0 aliphatic carbocycles. The smallest absolute Gasteiger partial charge is 0.319 e. The van der Waals surface area contributed by atoms with Crippen molar-refractivity contribution < 1.29 is 9.53 Å². The molecule has 2 aromatic carbocycles. The molecule has 2 aromatic rings. The summed E-state index contributed by atoms with van der Waals surface area (Å²) in [4.78, 5) is 11.8. The second-order valence-electron chi connectivity index (χ2n) is 4.82. The van der Waals surface area contributed by atoms with Gasteiger partial charge in [-0.25, -0.2) is 4.79 Å². The van der Waals surface area contributed by atoms with Gasteiger partial charge in [0.2, 0.25) is 0 Å². The second-order valence-corrected chi connectivity index (χ2v) is 5.67. The Balaban J connectivity index is 1.78. The van der Waals surface area contributed by atoms with Gasteiger partial charge < -0.3 is 15.4 Å². The molecule has 0 bridgehead atoms. The average molecular weight is 353 g/mol. The molecule has 0 heterocycles. The molecule has 6 heteroatoms. The number of nitrogens with one attached hydrogen (secondary N) is 2. The first-order valence-corrected chi connectivity index (χ1v) is 8.05. The molecule has 0 aliphatic heterocycles. The summed E-state index contributed by atoms with van der Waals surface area (Å²) in [6.45, 7) is 3.01. The van der Waals surface area contributed by atoms with Crippen LogP contribution in [0.2, 0.25) is 10.0 Å². The van der Waals surface area contributed by atoms with Crippen molar-refractivity contribution in [3.05, 3.63) is 58.1 Å². The molecule has 0 spiro atoms. The van der Waals surface area contributed by atoms with Gasteiger partial charge in [0, 0.05) is 22.3 Å². The highest BCUT2D eigenvalue weighted by atomic mass is 35.5. The molecule has 0 unspecified atom stereocenters. The summed E-state index contributed by atoms with van der Waals surface area (Å²) in [6.07, 6.45) is 0.632. The van der Waals surface area contributed by atoms with Crippen LogP contribution in [0.5, 0.6) is 5.75 Å². The van der Waals surface area contributed by atoms with Crippen LogP contribution in [0.25, 0.3) is 0 Å². The average Bonchev–Trinajstić information content (AvgIpc) is 2.52. The van der Waals surface area contributed by atoms with E-state index in [1.165, 1.54) is 0 Å². The molecule has 0 saturated carbocycles. The first kappa shape index (κ1) is 17.4. The zero-order valence-corrected chi connectivity index (χ0v) is 14.2. The number of hydrogen-bond acceptors (Lipinski definition) is 2. The lowest BCUT2D eigenvalue weighted by molar-refractivity contribution is 0.252. The summed E-state index contributed by atoms with van der Waals surface area (Å²) in [7, 11) is 0. The number of carbonyl (C=O) groups is 1. The van der Waals surface area contributed by atoms with Gasteiger partial charge in [-0.05, 0) is 55.3 Å². The topological polar surface area (TPSA) is 50.4 Å². The Kier molecular flexibility index (Phi) is 6.56. The van der Waals surface area contributed by atoms with E-state index < -0.39 is 0 Å². The van der Waals surface area contributed by atoms with Crippen molar-refractivity contribution in [2.75, 3.05) is 18.5 Å². The van der Waals surface area contributed by atoms with Crippen LogP contribution in [0, 0.1) is 0 Å². The molecule has 4 nitrogen and oxygen atoms in total. The largest absolute Gasteiger partial charge is 0.494 e. The zero-order valence-electron chi connectivity index (χ0n) is 12.7. The zero-order chi connectivity index (χ0) is 16.7. The minimum atomic E-state index is -0.265. The van der Waals surface area contributed by atoms with Crippen molar-refractivity contribution in [3.8, 4) is 5.75 Å². The van der Waals surface area contributed by atoms with Crippen LogP contribution in [-0.4, -0.2) is 19.2 Å². The van der Waals surface area contributed by atoms with Gasteiger partial charge in [0.15, 0.2) is 0 Å². The molecule has 0 saturated heterocycles. The molecule has 0 aliphatic rings. The number of benzene rings is 2. The van der Waals surface area contributed by atoms with Gasteiger partial charge in [-0.1, -0.05) is 29.3 Å².